The summed E-state index contributed by atoms with van der Waals surface area (Å²) in [4.78, 5) is 0. The molecule has 0 amide bonds. The van der Waals surface area contributed by atoms with Gasteiger partial charge in [0.1, 0.15) is 6.10 Å². The first-order valence-electron chi connectivity index (χ1n) is 4.23. The van der Waals surface area contributed by atoms with Gasteiger partial charge in [-0.25, -0.2) is 0 Å². The summed E-state index contributed by atoms with van der Waals surface area (Å²) in [6.07, 6.45) is 2.46. The lowest BCUT2D eigenvalue weighted by atomic mass is 10.0. The van der Waals surface area contributed by atoms with Gasteiger partial charge in [0, 0.05) is 10.0 Å². The normalized spacial score (nSPS) is 12.7. The monoisotopic (exact) mass is 252 g/mol. The van der Waals surface area contributed by atoms with Crippen LogP contribution in [0.25, 0.3) is 0 Å². The zero-order valence-electron chi connectivity index (χ0n) is 7.35. The summed E-state index contributed by atoms with van der Waals surface area (Å²) >= 11 is 3.39. The average Bonchev–Trinajstić information content (AvgIpc) is 2.70. The summed E-state index contributed by atoms with van der Waals surface area (Å²) in [6, 6.07) is 9.34. The molecule has 0 aliphatic carbocycles. The molecule has 2 aromatic rings. The molecule has 0 fully saturated rings. The molecular formula is C11H9BrO2. The Labute approximate surface area is 90.3 Å². The van der Waals surface area contributed by atoms with Crippen LogP contribution in [0.2, 0.25) is 0 Å². The molecule has 0 spiro atoms. The van der Waals surface area contributed by atoms with E-state index in [0.717, 1.165) is 15.6 Å². The number of hydrogen-bond acceptors (Lipinski definition) is 2. The van der Waals surface area contributed by atoms with Gasteiger partial charge in [-0.15, -0.1) is 0 Å². The van der Waals surface area contributed by atoms with Gasteiger partial charge in [0.05, 0.1) is 12.5 Å². The second-order valence-electron chi connectivity index (χ2n) is 2.98. The summed E-state index contributed by atoms with van der Waals surface area (Å²) in [7, 11) is 0. The minimum atomic E-state index is -0.635. The fourth-order valence-electron chi connectivity index (χ4n) is 1.31. The van der Waals surface area contributed by atoms with Crippen LogP contribution in [0, 0.1) is 0 Å². The number of aliphatic hydroxyl groups excluding tert-OH is 1. The zero-order valence-corrected chi connectivity index (χ0v) is 8.94. The first-order valence-corrected chi connectivity index (χ1v) is 5.03. The maximum atomic E-state index is 9.97. The van der Waals surface area contributed by atoms with E-state index in [0.29, 0.717) is 0 Å². The van der Waals surface area contributed by atoms with Crippen LogP contribution in [0.5, 0.6) is 0 Å². The summed E-state index contributed by atoms with van der Waals surface area (Å²) in [6.45, 7) is 0. The number of halogens is 1. The van der Waals surface area contributed by atoms with Crippen molar-refractivity contribution in [3.05, 3.63) is 58.5 Å². The Morgan fingerprint density at radius 3 is 2.64 bits per heavy atom. The molecule has 1 heterocycles. The number of benzene rings is 1. The molecule has 1 atom stereocenters. The summed E-state index contributed by atoms with van der Waals surface area (Å²) in [5, 5.41) is 9.97. The van der Waals surface area contributed by atoms with Gasteiger partial charge in [-0.2, -0.15) is 0 Å². The van der Waals surface area contributed by atoms with Crippen molar-refractivity contribution >= 4 is 15.9 Å². The van der Waals surface area contributed by atoms with Crippen LogP contribution in [0.4, 0.5) is 0 Å². The lowest BCUT2D eigenvalue weighted by Crippen LogP contribution is -1.98. The molecular weight excluding hydrogens is 244 g/mol. The van der Waals surface area contributed by atoms with Gasteiger partial charge in [0.15, 0.2) is 0 Å². The second-order valence-corrected chi connectivity index (χ2v) is 3.84. The molecule has 1 unspecified atom stereocenters. The van der Waals surface area contributed by atoms with Crippen molar-refractivity contribution < 1.29 is 9.52 Å². The summed E-state index contributed by atoms with van der Waals surface area (Å²) in [5.41, 5.74) is 1.60. The van der Waals surface area contributed by atoms with Crippen LogP contribution in [0.1, 0.15) is 17.2 Å². The molecule has 14 heavy (non-hydrogen) atoms. The highest BCUT2D eigenvalue weighted by molar-refractivity contribution is 9.10. The largest absolute Gasteiger partial charge is 0.472 e. The molecule has 0 aliphatic rings. The van der Waals surface area contributed by atoms with E-state index < -0.39 is 6.10 Å². The fraction of sp³-hybridized carbons (Fsp3) is 0.0909. The highest BCUT2D eigenvalue weighted by Gasteiger charge is 2.13. The van der Waals surface area contributed by atoms with Crippen molar-refractivity contribution in [3.63, 3.8) is 0 Å². The third-order valence-electron chi connectivity index (χ3n) is 2.06. The number of aliphatic hydroxyl groups is 1. The van der Waals surface area contributed by atoms with Gasteiger partial charge in [-0.05, 0) is 17.7 Å². The number of furan rings is 1. The summed E-state index contributed by atoms with van der Waals surface area (Å²) in [5.74, 6) is 0. The molecule has 0 radical (unpaired) electrons. The van der Waals surface area contributed by atoms with Crippen molar-refractivity contribution in [2.75, 3.05) is 0 Å². The molecule has 2 rings (SSSR count). The molecule has 0 saturated carbocycles. The van der Waals surface area contributed by atoms with E-state index >= 15 is 0 Å². The SMILES string of the molecule is OC(c1ccoc1)c1ccccc1Br. The third-order valence-corrected chi connectivity index (χ3v) is 2.78. The molecule has 3 heteroatoms. The van der Waals surface area contributed by atoms with Crippen LogP contribution < -0.4 is 0 Å². The first kappa shape index (κ1) is 9.49. The predicted octanol–water partition coefficient (Wildman–Crippen LogP) is 3.12. The van der Waals surface area contributed by atoms with Crippen LogP contribution in [0.15, 0.2) is 51.7 Å². The number of hydrogen-bond donors (Lipinski definition) is 1. The summed E-state index contributed by atoms with van der Waals surface area (Å²) < 4.78 is 5.82. The van der Waals surface area contributed by atoms with Crippen LogP contribution >= 0.6 is 15.9 Å². The Kier molecular flexibility index (Phi) is 2.70. The molecule has 0 aliphatic heterocycles. The molecule has 1 aromatic heterocycles. The quantitative estimate of drug-likeness (QED) is 0.891. The molecule has 0 saturated heterocycles. The smallest absolute Gasteiger partial charge is 0.108 e. The molecule has 72 valence electrons. The Hall–Kier alpha value is -1.06. The minimum absolute atomic E-state index is 0.635. The Bertz CT molecular complexity index is 409. The van der Waals surface area contributed by atoms with Gasteiger partial charge in [0.2, 0.25) is 0 Å². The fourth-order valence-corrected chi connectivity index (χ4v) is 1.81. The topological polar surface area (TPSA) is 33.4 Å². The zero-order chi connectivity index (χ0) is 9.97. The van der Waals surface area contributed by atoms with Crippen LogP contribution in [-0.4, -0.2) is 5.11 Å². The van der Waals surface area contributed by atoms with Crippen molar-refractivity contribution in [1.29, 1.82) is 0 Å². The molecule has 0 bridgehead atoms. The van der Waals surface area contributed by atoms with Gasteiger partial charge in [0.25, 0.3) is 0 Å². The molecule has 2 nitrogen and oxygen atoms in total. The Balaban J connectivity index is 2.37. The van der Waals surface area contributed by atoms with Gasteiger partial charge < -0.3 is 9.52 Å². The average molecular weight is 253 g/mol. The van der Waals surface area contributed by atoms with E-state index in [9.17, 15) is 5.11 Å². The van der Waals surface area contributed by atoms with Crippen molar-refractivity contribution in [1.82, 2.24) is 0 Å². The van der Waals surface area contributed by atoms with Crippen LogP contribution in [-0.2, 0) is 0 Å². The Morgan fingerprint density at radius 2 is 2.00 bits per heavy atom. The number of rotatable bonds is 2. The van der Waals surface area contributed by atoms with Gasteiger partial charge in [-0.1, -0.05) is 34.1 Å². The van der Waals surface area contributed by atoms with E-state index in [1.807, 2.05) is 24.3 Å². The minimum Gasteiger partial charge on any atom is -0.472 e. The third kappa shape index (κ3) is 1.74. The Morgan fingerprint density at radius 1 is 1.21 bits per heavy atom. The standard InChI is InChI=1S/C11H9BrO2/c12-10-4-2-1-3-9(10)11(13)8-5-6-14-7-8/h1-7,11,13H. The molecule has 1 N–H and O–H groups in total. The highest BCUT2D eigenvalue weighted by atomic mass is 79.9. The maximum Gasteiger partial charge on any atom is 0.108 e. The van der Waals surface area contributed by atoms with E-state index in [1.54, 1.807) is 18.6 Å². The van der Waals surface area contributed by atoms with Crippen molar-refractivity contribution in [2.24, 2.45) is 0 Å². The van der Waals surface area contributed by atoms with E-state index in [2.05, 4.69) is 15.9 Å². The molecule has 1 aromatic carbocycles. The van der Waals surface area contributed by atoms with Gasteiger partial charge >= 0.3 is 0 Å². The predicted molar refractivity (Wildman–Crippen MR) is 56.9 cm³/mol. The first-order chi connectivity index (χ1) is 6.79. The van der Waals surface area contributed by atoms with Crippen molar-refractivity contribution in [2.45, 2.75) is 6.10 Å². The van der Waals surface area contributed by atoms with E-state index in [1.165, 1.54) is 0 Å². The van der Waals surface area contributed by atoms with Crippen LogP contribution in [0.3, 0.4) is 0 Å². The van der Waals surface area contributed by atoms with Crippen molar-refractivity contribution in [3.8, 4) is 0 Å². The van der Waals surface area contributed by atoms with E-state index in [4.69, 9.17) is 4.42 Å². The highest BCUT2D eigenvalue weighted by Crippen LogP contribution is 2.28. The van der Waals surface area contributed by atoms with E-state index in [-0.39, 0.29) is 0 Å². The van der Waals surface area contributed by atoms with Gasteiger partial charge in [-0.3, -0.25) is 0 Å². The maximum absolute atomic E-state index is 9.97. The second kappa shape index (κ2) is 3.98. The lowest BCUT2D eigenvalue weighted by Gasteiger charge is -2.10. The lowest BCUT2D eigenvalue weighted by molar-refractivity contribution is 0.218.